The average Bonchev–Trinajstić information content (AvgIpc) is 3.33. The summed E-state index contributed by atoms with van der Waals surface area (Å²) in [6.45, 7) is 2.04. The van der Waals surface area contributed by atoms with Crippen molar-refractivity contribution < 1.29 is 18.0 Å². The van der Waals surface area contributed by atoms with Gasteiger partial charge in [-0.15, -0.1) is 0 Å². The monoisotopic (exact) mass is 445 g/mol. The van der Waals surface area contributed by atoms with Crippen LogP contribution in [-0.2, 0) is 11.0 Å². The van der Waals surface area contributed by atoms with Crippen LogP contribution < -0.4 is 15.5 Å². The molecule has 0 spiro atoms. The molecule has 2 aliphatic rings. The fraction of sp³-hybridized carbons (Fsp3) is 0.480. The average molecular weight is 446 g/mol. The van der Waals surface area contributed by atoms with Gasteiger partial charge in [-0.1, -0.05) is 37.5 Å². The molecule has 7 heteroatoms. The molecule has 1 amide bonds. The molecule has 0 bridgehead atoms. The quantitative estimate of drug-likeness (QED) is 0.581. The van der Waals surface area contributed by atoms with Crippen LogP contribution >= 0.6 is 0 Å². The molecule has 32 heavy (non-hydrogen) atoms. The molecule has 1 unspecified atom stereocenters. The smallest absolute Gasteiger partial charge is 0.372 e. The molecule has 2 N–H and O–H groups in total. The predicted molar refractivity (Wildman–Crippen MR) is 121 cm³/mol. The minimum atomic E-state index is -4.44. The molecular weight excluding hydrogens is 415 g/mol. The minimum absolute atomic E-state index is 0.117. The van der Waals surface area contributed by atoms with Crippen LogP contribution in [0.2, 0.25) is 0 Å². The van der Waals surface area contributed by atoms with Crippen LogP contribution in [0.3, 0.4) is 0 Å². The standard InChI is InChI=1S/C25H30F3N3O/c26-25(27,28)19-7-6-10-21(17-19)29-23(24(32)30-20-8-2-1-3-9-20)18-11-13-22(14-12-18)31-15-4-5-16-31/h6-7,10-14,17,20,23,29H,1-5,8-9,15-16H2,(H,30,32). The summed E-state index contributed by atoms with van der Waals surface area (Å²) >= 11 is 0. The number of hydrogen-bond acceptors (Lipinski definition) is 3. The van der Waals surface area contributed by atoms with Crippen molar-refractivity contribution >= 4 is 17.3 Å². The molecule has 1 heterocycles. The third kappa shape index (κ3) is 5.56. The number of anilines is 2. The number of benzene rings is 2. The Labute approximate surface area is 187 Å². The Kier molecular flexibility index (Phi) is 6.92. The molecule has 1 saturated carbocycles. The van der Waals surface area contributed by atoms with E-state index in [2.05, 4.69) is 15.5 Å². The van der Waals surface area contributed by atoms with E-state index in [9.17, 15) is 18.0 Å². The van der Waals surface area contributed by atoms with Crippen molar-refractivity contribution in [2.45, 2.75) is 63.2 Å². The number of nitrogens with one attached hydrogen (secondary N) is 2. The van der Waals surface area contributed by atoms with Gasteiger partial charge in [0.2, 0.25) is 5.91 Å². The topological polar surface area (TPSA) is 44.4 Å². The van der Waals surface area contributed by atoms with Crippen LogP contribution in [0.25, 0.3) is 0 Å². The summed E-state index contributed by atoms with van der Waals surface area (Å²) in [6, 6.07) is 12.2. The van der Waals surface area contributed by atoms with Crippen molar-refractivity contribution in [1.29, 1.82) is 0 Å². The number of rotatable bonds is 6. The van der Waals surface area contributed by atoms with Gasteiger partial charge >= 0.3 is 6.18 Å². The summed E-state index contributed by atoms with van der Waals surface area (Å²) in [6.07, 6.45) is 3.13. The highest BCUT2D eigenvalue weighted by molar-refractivity contribution is 5.86. The number of carbonyl (C=O) groups is 1. The Morgan fingerprint density at radius 2 is 1.62 bits per heavy atom. The summed E-state index contributed by atoms with van der Waals surface area (Å²) in [4.78, 5) is 15.5. The van der Waals surface area contributed by atoms with E-state index in [1.807, 2.05) is 24.3 Å². The molecule has 0 aromatic heterocycles. The van der Waals surface area contributed by atoms with Crippen molar-refractivity contribution in [2.24, 2.45) is 0 Å². The zero-order chi connectivity index (χ0) is 22.6. The second-order valence-corrected chi connectivity index (χ2v) is 8.79. The Balaban J connectivity index is 1.56. The van der Waals surface area contributed by atoms with Crippen molar-refractivity contribution in [3.8, 4) is 0 Å². The molecule has 4 nitrogen and oxygen atoms in total. The minimum Gasteiger partial charge on any atom is -0.372 e. The first-order valence-electron chi connectivity index (χ1n) is 11.5. The van der Waals surface area contributed by atoms with Crippen LogP contribution in [0.15, 0.2) is 48.5 Å². The van der Waals surface area contributed by atoms with E-state index >= 15 is 0 Å². The highest BCUT2D eigenvalue weighted by atomic mass is 19.4. The highest BCUT2D eigenvalue weighted by Gasteiger charge is 2.31. The molecule has 0 radical (unpaired) electrons. The van der Waals surface area contributed by atoms with E-state index < -0.39 is 17.8 Å². The Morgan fingerprint density at radius 3 is 2.28 bits per heavy atom. The Morgan fingerprint density at radius 1 is 0.938 bits per heavy atom. The van der Waals surface area contributed by atoms with Crippen LogP contribution in [0.1, 0.15) is 62.1 Å². The lowest BCUT2D eigenvalue weighted by molar-refractivity contribution is -0.137. The van der Waals surface area contributed by atoms with Gasteiger partial charge in [-0.25, -0.2) is 0 Å². The van der Waals surface area contributed by atoms with Crippen LogP contribution in [0.5, 0.6) is 0 Å². The van der Waals surface area contributed by atoms with Gasteiger partial charge in [0.05, 0.1) is 5.56 Å². The van der Waals surface area contributed by atoms with Crippen LogP contribution in [-0.4, -0.2) is 25.0 Å². The van der Waals surface area contributed by atoms with Gasteiger partial charge in [-0.2, -0.15) is 13.2 Å². The predicted octanol–water partition coefficient (Wildman–Crippen LogP) is 5.91. The van der Waals surface area contributed by atoms with Crippen molar-refractivity contribution in [1.82, 2.24) is 5.32 Å². The lowest BCUT2D eigenvalue weighted by Gasteiger charge is -2.27. The molecule has 1 aliphatic heterocycles. The highest BCUT2D eigenvalue weighted by Crippen LogP contribution is 2.32. The van der Waals surface area contributed by atoms with E-state index in [-0.39, 0.29) is 17.6 Å². The lowest BCUT2D eigenvalue weighted by Crippen LogP contribution is -2.41. The van der Waals surface area contributed by atoms with Gasteiger partial charge in [0, 0.05) is 30.5 Å². The van der Waals surface area contributed by atoms with Crippen molar-refractivity contribution in [3.63, 3.8) is 0 Å². The number of halogens is 3. The van der Waals surface area contributed by atoms with E-state index in [0.717, 1.165) is 62.2 Å². The molecular formula is C25H30F3N3O. The number of amides is 1. The summed E-state index contributed by atoms with van der Waals surface area (Å²) in [7, 11) is 0. The normalized spacial score (nSPS) is 18.4. The fourth-order valence-electron chi connectivity index (χ4n) is 4.64. The summed E-state index contributed by atoms with van der Waals surface area (Å²) < 4.78 is 39.5. The third-order valence-corrected chi connectivity index (χ3v) is 6.41. The number of carbonyl (C=O) groups excluding carboxylic acids is 1. The van der Waals surface area contributed by atoms with Gasteiger partial charge in [0.15, 0.2) is 0 Å². The summed E-state index contributed by atoms with van der Waals surface area (Å²) in [5.41, 5.74) is 1.38. The van der Waals surface area contributed by atoms with Crippen molar-refractivity contribution in [3.05, 3.63) is 59.7 Å². The number of alkyl halides is 3. The molecule has 4 rings (SSSR count). The largest absolute Gasteiger partial charge is 0.416 e. The maximum Gasteiger partial charge on any atom is 0.416 e. The lowest BCUT2D eigenvalue weighted by atomic mass is 9.95. The SMILES string of the molecule is O=C(NC1CCCCC1)C(Nc1cccc(C(F)(F)F)c1)c1ccc(N2CCCC2)cc1. The first-order chi connectivity index (χ1) is 15.4. The molecule has 2 aromatic carbocycles. The van der Waals surface area contributed by atoms with E-state index in [1.54, 1.807) is 6.07 Å². The van der Waals surface area contributed by atoms with Gasteiger partial charge in [0.1, 0.15) is 6.04 Å². The van der Waals surface area contributed by atoms with Gasteiger partial charge in [-0.3, -0.25) is 4.79 Å². The molecule has 1 saturated heterocycles. The van der Waals surface area contributed by atoms with E-state index in [1.165, 1.54) is 25.3 Å². The second-order valence-electron chi connectivity index (χ2n) is 8.79. The van der Waals surface area contributed by atoms with E-state index in [0.29, 0.717) is 0 Å². The Bertz CT molecular complexity index is 901. The van der Waals surface area contributed by atoms with Gasteiger partial charge < -0.3 is 15.5 Å². The number of hydrogen-bond donors (Lipinski definition) is 2. The zero-order valence-electron chi connectivity index (χ0n) is 18.1. The second kappa shape index (κ2) is 9.84. The first kappa shape index (κ1) is 22.5. The first-order valence-corrected chi connectivity index (χ1v) is 11.5. The van der Waals surface area contributed by atoms with E-state index in [4.69, 9.17) is 0 Å². The maximum atomic E-state index is 13.2. The summed E-state index contributed by atoms with van der Waals surface area (Å²) in [5, 5.41) is 6.18. The molecule has 2 aromatic rings. The molecule has 172 valence electrons. The van der Waals surface area contributed by atoms with Gasteiger partial charge in [0.25, 0.3) is 0 Å². The van der Waals surface area contributed by atoms with Gasteiger partial charge in [-0.05, 0) is 61.6 Å². The zero-order valence-corrected chi connectivity index (χ0v) is 18.1. The molecule has 1 atom stereocenters. The van der Waals surface area contributed by atoms with Crippen LogP contribution in [0, 0.1) is 0 Å². The third-order valence-electron chi connectivity index (χ3n) is 6.41. The maximum absolute atomic E-state index is 13.2. The van der Waals surface area contributed by atoms with Crippen molar-refractivity contribution in [2.75, 3.05) is 23.3 Å². The molecule has 2 fully saturated rings. The molecule has 1 aliphatic carbocycles. The summed E-state index contributed by atoms with van der Waals surface area (Å²) in [5.74, 6) is -0.205. The number of nitrogens with zero attached hydrogens (tertiary/aromatic N) is 1. The fourth-order valence-corrected chi connectivity index (χ4v) is 4.64. The Hall–Kier alpha value is -2.70. The van der Waals surface area contributed by atoms with Crippen LogP contribution in [0.4, 0.5) is 24.5 Å².